The van der Waals surface area contributed by atoms with Crippen molar-refractivity contribution < 1.29 is 5.11 Å². The molecular formula is C14H19NOS. The van der Waals surface area contributed by atoms with Gasteiger partial charge in [0.1, 0.15) is 0 Å². The molecule has 0 radical (unpaired) electrons. The highest BCUT2D eigenvalue weighted by molar-refractivity contribution is 7.19. The fourth-order valence-corrected chi connectivity index (χ4v) is 3.38. The number of hydrogen-bond donors (Lipinski definition) is 2. The molecule has 0 saturated carbocycles. The molecule has 3 heteroatoms. The quantitative estimate of drug-likeness (QED) is 0.872. The summed E-state index contributed by atoms with van der Waals surface area (Å²) in [5, 5.41) is 13.8. The molecule has 1 heterocycles. The van der Waals surface area contributed by atoms with Crippen molar-refractivity contribution in [3.8, 4) is 0 Å². The van der Waals surface area contributed by atoms with Gasteiger partial charge in [0, 0.05) is 21.7 Å². The summed E-state index contributed by atoms with van der Waals surface area (Å²) < 4.78 is 1.34. The third-order valence-electron chi connectivity index (χ3n) is 3.08. The van der Waals surface area contributed by atoms with Gasteiger partial charge in [-0.2, -0.15) is 0 Å². The first kappa shape index (κ1) is 12.6. The Balaban J connectivity index is 2.32. The molecule has 2 N–H and O–H groups in total. The molecule has 17 heavy (non-hydrogen) atoms. The number of fused-ring (bicyclic) bond motifs is 1. The minimum atomic E-state index is 0.134. The molecule has 0 aliphatic rings. The molecule has 0 amide bonds. The number of benzene rings is 1. The standard InChI is InChI=1S/C14H19NOS/c1-9(8-16)15-11(3)14-10(2)12-6-4-5-7-13(12)17-14/h4-7,9,11,15-16H,8H2,1-3H3/t9-,11?/m1/s1. The lowest BCUT2D eigenvalue weighted by Crippen LogP contribution is -2.31. The molecular weight excluding hydrogens is 230 g/mol. The van der Waals surface area contributed by atoms with Crippen molar-refractivity contribution in [1.82, 2.24) is 5.32 Å². The van der Waals surface area contributed by atoms with Crippen molar-refractivity contribution in [2.75, 3.05) is 6.61 Å². The van der Waals surface area contributed by atoms with Gasteiger partial charge in [0.15, 0.2) is 0 Å². The van der Waals surface area contributed by atoms with Crippen LogP contribution >= 0.6 is 11.3 Å². The number of aliphatic hydroxyl groups excluding tert-OH is 1. The summed E-state index contributed by atoms with van der Waals surface area (Å²) in [6.45, 7) is 6.51. The Hall–Kier alpha value is -0.900. The Labute approximate surface area is 106 Å². The number of rotatable bonds is 4. The van der Waals surface area contributed by atoms with Crippen molar-refractivity contribution in [2.24, 2.45) is 0 Å². The van der Waals surface area contributed by atoms with Crippen molar-refractivity contribution in [2.45, 2.75) is 32.9 Å². The predicted octanol–water partition coefficient (Wildman–Crippen LogP) is 3.24. The van der Waals surface area contributed by atoms with E-state index in [9.17, 15) is 0 Å². The van der Waals surface area contributed by atoms with Gasteiger partial charge in [-0.25, -0.2) is 0 Å². The zero-order valence-corrected chi connectivity index (χ0v) is 11.3. The molecule has 2 aromatic rings. The monoisotopic (exact) mass is 249 g/mol. The number of hydrogen-bond acceptors (Lipinski definition) is 3. The normalized spacial score (nSPS) is 15.1. The molecule has 0 fully saturated rings. The molecule has 2 atom stereocenters. The third kappa shape index (κ3) is 2.51. The van der Waals surface area contributed by atoms with Gasteiger partial charge in [0.25, 0.3) is 0 Å². The van der Waals surface area contributed by atoms with E-state index in [0.717, 1.165) is 0 Å². The first-order valence-corrected chi connectivity index (χ1v) is 6.80. The van der Waals surface area contributed by atoms with E-state index in [0.29, 0.717) is 0 Å². The van der Waals surface area contributed by atoms with Crippen LogP contribution in [0, 0.1) is 6.92 Å². The van der Waals surface area contributed by atoms with Crippen molar-refractivity contribution in [3.05, 3.63) is 34.7 Å². The molecule has 2 nitrogen and oxygen atoms in total. The van der Waals surface area contributed by atoms with Crippen molar-refractivity contribution in [3.63, 3.8) is 0 Å². The zero-order chi connectivity index (χ0) is 12.4. The maximum Gasteiger partial charge on any atom is 0.0582 e. The summed E-state index contributed by atoms with van der Waals surface area (Å²) in [5.74, 6) is 0. The molecule has 1 unspecified atom stereocenters. The fourth-order valence-electron chi connectivity index (χ4n) is 2.16. The fraction of sp³-hybridized carbons (Fsp3) is 0.429. The molecule has 0 saturated heterocycles. The molecule has 1 aromatic heterocycles. The van der Waals surface area contributed by atoms with E-state index in [1.54, 1.807) is 0 Å². The summed E-state index contributed by atoms with van der Waals surface area (Å²) in [6, 6.07) is 8.92. The average molecular weight is 249 g/mol. The third-order valence-corrected chi connectivity index (χ3v) is 4.54. The molecule has 0 bridgehead atoms. The lowest BCUT2D eigenvalue weighted by molar-refractivity contribution is 0.243. The number of thiophene rings is 1. The summed E-state index contributed by atoms with van der Waals surface area (Å²) in [7, 11) is 0. The van der Waals surface area contributed by atoms with Gasteiger partial charge in [-0.15, -0.1) is 11.3 Å². The highest BCUT2D eigenvalue weighted by Gasteiger charge is 2.15. The highest BCUT2D eigenvalue weighted by Crippen LogP contribution is 2.34. The van der Waals surface area contributed by atoms with Gasteiger partial charge in [0.05, 0.1) is 6.61 Å². The number of aryl methyl sites for hydroxylation is 1. The van der Waals surface area contributed by atoms with Crippen molar-refractivity contribution in [1.29, 1.82) is 0 Å². The second-order valence-electron chi connectivity index (χ2n) is 4.56. The van der Waals surface area contributed by atoms with Gasteiger partial charge < -0.3 is 10.4 Å². The summed E-state index contributed by atoms with van der Waals surface area (Å²) in [5.41, 5.74) is 1.36. The SMILES string of the molecule is Cc1c(C(C)N[C@H](C)CO)sc2ccccc12. The second kappa shape index (κ2) is 5.17. The Kier molecular flexibility index (Phi) is 3.82. The summed E-state index contributed by atoms with van der Waals surface area (Å²) in [4.78, 5) is 1.37. The smallest absolute Gasteiger partial charge is 0.0582 e. The van der Waals surface area contributed by atoms with Crippen LogP contribution in [0.15, 0.2) is 24.3 Å². The Morgan fingerprint density at radius 1 is 1.29 bits per heavy atom. The lowest BCUT2D eigenvalue weighted by atomic mass is 10.1. The van der Waals surface area contributed by atoms with E-state index < -0.39 is 0 Å². The molecule has 92 valence electrons. The van der Waals surface area contributed by atoms with E-state index in [4.69, 9.17) is 5.11 Å². The Morgan fingerprint density at radius 2 is 2.00 bits per heavy atom. The molecule has 0 aliphatic heterocycles. The molecule has 0 aliphatic carbocycles. The molecule has 0 spiro atoms. The minimum Gasteiger partial charge on any atom is -0.395 e. The van der Waals surface area contributed by atoms with Crippen LogP contribution in [0.4, 0.5) is 0 Å². The second-order valence-corrected chi connectivity index (χ2v) is 5.64. The zero-order valence-electron chi connectivity index (χ0n) is 10.5. The Morgan fingerprint density at radius 3 is 2.65 bits per heavy atom. The van der Waals surface area contributed by atoms with Gasteiger partial charge in [0.2, 0.25) is 0 Å². The summed E-state index contributed by atoms with van der Waals surface area (Å²) in [6.07, 6.45) is 0. The first-order valence-electron chi connectivity index (χ1n) is 5.98. The van der Waals surface area contributed by atoms with E-state index in [1.165, 1.54) is 20.5 Å². The van der Waals surface area contributed by atoms with E-state index >= 15 is 0 Å². The van der Waals surface area contributed by atoms with Crippen LogP contribution in [0.25, 0.3) is 10.1 Å². The van der Waals surface area contributed by atoms with Gasteiger partial charge in [-0.05, 0) is 37.8 Å². The van der Waals surface area contributed by atoms with E-state index in [2.05, 4.69) is 43.4 Å². The maximum atomic E-state index is 9.08. The van der Waals surface area contributed by atoms with E-state index in [1.807, 2.05) is 18.3 Å². The average Bonchev–Trinajstić information content (AvgIpc) is 2.67. The van der Waals surface area contributed by atoms with Gasteiger partial charge >= 0.3 is 0 Å². The van der Waals surface area contributed by atoms with Crippen LogP contribution in [0.5, 0.6) is 0 Å². The van der Waals surface area contributed by atoms with Crippen LogP contribution < -0.4 is 5.32 Å². The molecule has 1 aromatic carbocycles. The van der Waals surface area contributed by atoms with Crippen LogP contribution in [0.2, 0.25) is 0 Å². The summed E-state index contributed by atoms with van der Waals surface area (Å²) >= 11 is 1.84. The van der Waals surface area contributed by atoms with Crippen LogP contribution in [-0.4, -0.2) is 17.8 Å². The lowest BCUT2D eigenvalue weighted by Gasteiger charge is -2.17. The maximum absolute atomic E-state index is 9.08. The van der Waals surface area contributed by atoms with Crippen LogP contribution in [0.3, 0.4) is 0 Å². The largest absolute Gasteiger partial charge is 0.395 e. The van der Waals surface area contributed by atoms with Gasteiger partial charge in [-0.1, -0.05) is 18.2 Å². The topological polar surface area (TPSA) is 32.3 Å². The van der Waals surface area contributed by atoms with E-state index in [-0.39, 0.29) is 18.7 Å². The first-order chi connectivity index (χ1) is 8.13. The Bertz CT molecular complexity index is 506. The van der Waals surface area contributed by atoms with Gasteiger partial charge in [-0.3, -0.25) is 0 Å². The molecule has 2 rings (SSSR count). The van der Waals surface area contributed by atoms with Crippen LogP contribution in [-0.2, 0) is 0 Å². The number of nitrogens with one attached hydrogen (secondary N) is 1. The minimum absolute atomic E-state index is 0.134. The number of aliphatic hydroxyl groups is 1. The predicted molar refractivity (Wildman–Crippen MR) is 74.7 cm³/mol. The van der Waals surface area contributed by atoms with Crippen molar-refractivity contribution >= 4 is 21.4 Å². The highest BCUT2D eigenvalue weighted by atomic mass is 32.1. The van der Waals surface area contributed by atoms with Crippen LogP contribution in [0.1, 0.15) is 30.3 Å².